The quantitative estimate of drug-likeness (QED) is 0.314. The van der Waals surface area contributed by atoms with E-state index in [0.717, 1.165) is 61.3 Å². The van der Waals surface area contributed by atoms with Crippen LogP contribution in [0.4, 0.5) is 0 Å². The van der Waals surface area contributed by atoms with Crippen molar-refractivity contribution in [3.8, 4) is 11.5 Å². The molecule has 0 spiro atoms. The summed E-state index contributed by atoms with van der Waals surface area (Å²) in [7, 11) is 1.68. The van der Waals surface area contributed by atoms with E-state index >= 15 is 0 Å². The average Bonchev–Trinajstić information content (AvgIpc) is 2.63. The Hall–Kier alpha value is -1.07. The molecule has 1 aromatic rings. The normalized spacial score (nSPS) is 15.2. The number of Topliss-reactive ketones (excluding diaryl/α,β-unsaturated/α-hetero) is 1. The standard InChI is InChI=1S/C20H30BrNO3/c1-16(23)17-9-10-19(24-2)18(15-22-12-6-4-7-13-22)20(17)25-14-8-3-5-11-21/h9-10H,3-8,11-15H2,1-2H3. The molecule has 25 heavy (non-hydrogen) atoms. The predicted octanol–water partition coefficient (Wildman–Crippen LogP) is 4.83. The molecule has 140 valence electrons. The number of likely N-dealkylation sites (tertiary alicyclic amines) is 1. The molecule has 1 aromatic carbocycles. The van der Waals surface area contributed by atoms with Crippen LogP contribution in [0.2, 0.25) is 0 Å². The van der Waals surface area contributed by atoms with Crippen molar-refractivity contribution in [2.24, 2.45) is 0 Å². The van der Waals surface area contributed by atoms with Crippen LogP contribution in [0.5, 0.6) is 11.5 Å². The van der Waals surface area contributed by atoms with Crippen LogP contribution in [0, 0.1) is 0 Å². The van der Waals surface area contributed by atoms with Crippen LogP contribution in [0.1, 0.15) is 61.4 Å². The second-order valence-electron chi connectivity index (χ2n) is 6.61. The van der Waals surface area contributed by atoms with Crippen LogP contribution in [0.25, 0.3) is 0 Å². The molecule has 1 aliphatic heterocycles. The molecule has 0 amide bonds. The molecule has 1 aliphatic rings. The van der Waals surface area contributed by atoms with Gasteiger partial charge in [0.15, 0.2) is 5.78 Å². The minimum Gasteiger partial charge on any atom is -0.496 e. The number of unbranched alkanes of at least 4 members (excludes halogenated alkanes) is 2. The Morgan fingerprint density at radius 1 is 1.16 bits per heavy atom. The number of ketones is 1. The lowest BCUT2D eigenvalue weighted by Gasteiger charge is -2.28. The van der Waals surface area contributed by atoms with Gasteiger partial charge in [-0.25, -0.2) is 0 Å². The average molecular weight is 412 g/mol. The molecule has 5 heteroatoms. The molecule has 2 rings (SSSR count). The van der Waals surface area contributed by atoms with Gasteiger partial charge in [0.1, 0.15) is 11.5 Å². The summed E-state index contributed by atoms with van der Waals surface area (Å²) in [5.74, 6) is 1.57. The third kappa shape index (κ3) is 6.00. The Balaban J connectivity index is 2.21. The SMILES string of the molecule is COc1ccc(C(C)=O)c(OCCCCCBr)c1CN1CCCCC1. The molecule has 1 heterocycles. The van der Waals surface area contributed by atoms with Crippen LogP contribution < -0.4 is 9.47 Å². The molecule has 1 fully saturated rings. The Kier molecular flexibility index (Phi) is 8.76. The lowest BCUT2D eigenvalue weighted by atomic mass is 10.0. The lowest BCUT2D eigenvalue weighted by Crippen LogP contribution is -2.29. The number of hydrogen-bond acceptors (Lipinski definition) is 4. The highest BCUT2D eigenvalue weighted by Crippen LogP contribution is 2.34. The third-order valence-electron chi connectivity index (χ3n) is 4.67. The smallest absolute Gasteiger partial charge is 0.163 e. The van der Waals surface area contributed by atoms with E-state index in [4.69, 9.17) is 9.47 Å². The van der Waals surface area contributed by atoms with Gasteiger partial charge < -0.3 is 9.47 Å². The fraction of sp³-hybridized carbons (Fsp3) is 0.650. The van der Waals surface area contributed by atoms with E-state index in [1.54, 1.807) is 14.0 Å². The van der Waals surface area contributed by atoms with Crippen LogP contribution in [-0.4, -0.2) is 42.8 Å². The van der Waals surface area contributed by atoms with Gasteiger partial charge in [0.25, 0.3) is 0 Å². The highest BCUT2D eigenvalue weighted by atomic mass is 79.9. The van der Waals surface area contributed by atoms with Crippen molar-refractivity contribution in [1.29, 1.82) is 0 Å². The first-order chi connectivity index (χ1) is 12.2. The fourth-order valence-electron chi connectivity index (χ4n) is 3.28. The summed E-state index contributed by atoms with van der Waals surface area (Å²) in [4.78, 5) is 14.5. The minimum atomic E-state index is 0.0398. The van der Waals surface area contributed by atoms with E-state index in [2.05, 4.69) is 20.8 Å². The lowest BCUT2D eigenvalue weighted by molar-refractivity contribution is 0.101. The van der Waals surface area contributed by atoms with Gasteiger partial charge in [-0.2, -0.15) is 0 Å². The number of rotatable bonds is 10. The van der Waals surface area contributed by atoms with Gasteiger partial charge in [-0.1, -0.05) is 22.4 Å². The van der Waals surface area contributed by atoms with E-state index < -0.39 is 0 Å². The Labute approximate surface area is 160 Å². The zero-order valence-corrected chi connectivity index (χ0v) is 17.1. The maximum absolute atomic E-state index is 12.1. The van der Waals surface area contributed by atoms with Crippen molar-refractivity contribution in [3.05, 3.63) is 23.3 Å². The highest BCUT2D eigenvalue weighted by Gasteiger charge is 2.21. The molecule has 0 saturated carbocycles. The molecule has 0 unspecified atom stereocenters. The number of alkyl halides is 1. The van der Waals surface area contributed by atoms with Gasteiger partial charge in [-0.05, 0) is 64.3 Å². The molecule has 0 aromatic heterocycles. The molecular weight excluding hydrogens is 382 g/mol. The van der Waals surface area contributed by atoms with Gasteiger partial charge >= 0.3 is 0 Å². The number of carbonyl (C=O) groups excluding carboxylic acids is 1. The van der Waals surface area contributed by atoms with Crippen LogP contribution in [-0.2, 0) is 6.54 Å². The van der Waals surface area contributed by atoms with E-state index in [0.29, 0.717) is 12.2 Å². The number of ether oxygens (including phenoxy) is 2. The van der Waals surface area contributed by atoms with Crippen molar-refractivity contribution in [2.75, 3.05) is 32.1 Å². The molecule has 0 N–H and O–H groups in total. The zero-order valence-electron chi connectivity index (χ0n) is 15.5. The summed E-state index contributed by atoms with van der Waals surface area (Å²) in [6.45, 7) is 5.20. The fourth-order valence-corrected chi connectivity index (χ4v) is 3.68. The predicted molar refractivity (Wildman–Crippen MR) is 105 cm³/mol. The highest BCUT2D eigenvalue weighted by molar-refractivity contribution is 9.09. The number of halogens is 1. The first kappa shape index (κ1) is 20.2. The maximum atomic E-state index is 12.1. The zero-order chi connectivity index (χ0) is 18.1. The van der Waals surface area contributed by atoms with Crippen molar-refractivity contribution < 1.29 is 14.3 Å². The number of nitrogens with zero attached hydrogens (tertiary/aromatic N) is 1. The number of hydrogen-bond donors (Lipinski definition) is 0. The van der Waals surface area contributed by atoms with Gasteiger partial charge in [-0.3, -0.25) is 9.69 Å². The summed E-state index contributed by atoms with van der Waals surface area (Å²) in [5.41, 5.74) is 1.67. The summed E-state index contributed by atoms with van der Waals surface area (Å²) >= 11 is 3.46. The Bertz CT molecular complexity index is 556. The van der Waals surface area contributed by atoms with Gasteiger partial charge in [0, 0.05) is 11.9 Å². The first-order valence-electron chi connectivity index (χ1n) is 9.29. The van der Waals surface area contributed by atoms with Crippen molar-refractivity contribution in [2.45, 2.75) is 52.0 Å². The second-order valence-corrected chi connectivity index (χ2v) is 7.41. The topological polar surface area (TPSA) is 38.8 Å². The van der Waals surface area contributed by atoms with Crippen molar-refractivity contribution >= 4 is 21.7 Å². The van der Waals surface area contributed by atoms with Crippen molar-refractivity contribution in [1.82, 2.24) is 4.90 Å². The summed E-state index contributed by atoms with van der Waals surface area (Å²) in [5, 5.41) is 1.02. The van der Waals surface area contributed by atoms with E-state index in [-0.39, 0.29) is 5.78 Å². The third-order valence-corrected chi connectivity index (χ3v) is 5.23. The minimum absolute atomic E-state index is 0.0398. The maximum Gasteiger partial charge on any atom is 0.163 e. The number of piperidine rings is 1. The Morgan fingerprint density at radius 2 is 1.92 bits per heavy atom. The second kappa shape index (κ2) is 10.8. The largest absolute Gasteiger partial charge is 0.496 e. The van der Waals surface area contributed by atoms with Crippen LogP contribution in [0.3, 0.4) is 0 Å². The van der Waals surface area contributed by atoms with Gasteiger partial charge in [0.2, 0.25) is 0 Å². The summed E-state index contributed by atoms with van der Waals surface area (Å²) in [6.07, 6.45) is 7.02. The number of carbonyl (C=O) groups is 1. The molecular formula is C20H30BrNO3. The monoisotopic (exact) mass is 411 g/mol. The van der Waals surface area contributed by atoms with E-state index in [9.17, 15) is 4.79 Å². The molecule has 4 nitrogen and oxygen atoms in total. The number of benzene rings is 1. The molecule has 1 saturated heterocycles. The Morgan fingerprint density at radius 3 is 2.56 bits per heavy atom. The van der Waals surface area contributed by atoms with E-state index in [1.807, 2.05) is 12.1 Å². The molecule has 0 aliphatic carbocycles. The summed E-state index contributed by atoms with van der Waals surface area (Å²) in [6, 6.07) is 3.72. The molecule has 0 atom stereocenters. The van der Waals surface area contributed by atoms with Crippen molar-refractivity contribution in [3.63, 3.8) is 0 Å². The first-order valence-corrected chi connectivity index (χ1v) is 10.4. The molecule has 0 radical (unpaired) electrons. The van der Waals surface area contributed by atoms with Crippen LogP contribution >= 0.6 is 15.9 Å². The molecule has 0 bridgehead atoms. The number of methoxy groups -OCH3 is 1. The van der Waals surface area contributed by atoms with Gasteiger partial charge in [0.05, 0.1) is 24.8 Å². The van der Waals surface area contributed by atoms with Gasteiger partial charge in [-0.15, -0.1) is 0 Å². The van der Waals surface area contributed by atoms with E-state index in [1.165, 1.54) is 19.3 Å². The van der Waals surface area contributed by atoms with Crippen LogP contribution in [0.15, 0.2) is 12.1 Å². The summed E-state index contributed by atoms with van der Waals surface area (Å²) < 4.78 is 11.7.